The number of hydrogen-bond donors (Lipinski definition) is 1. The lowest BCUT2D eigenvalue weighted by molar-refractivity contribution is -0.113. The SMILES string of the molecule is C=CCSCC(=O)Nc1ccc2c(c1)C(=O)N(C)C2=O. The van der Waals surface area contributed by atoms with Crippen molar-refractivity contribution >= 4 is 35.2 Å². The third-order valence-electron chi connectivity index (χ3n) is 2.84. The first-order chi connectivity index (χ1) is 9.54. The van der Waals surface area contributed by atoms with Crippen molar-refractivity contribution in [2.75, 3.05) is 23.9 Å². The molecule has 0 aliphatic carbocycles. The number of nitrogens with zero attached hydrogens (tertiary/aromatic N) is 1. The summed E-state index contributed by atoms with van der Waals surface area (Å²) >= 11 is 1.45. The van der Waals surface area contributed by atoms with E-state index in [0.29, 0.717) is 28.3 Å². The van der Waals surface area contributed by atoms with Crippen LogP contribution in [0.4, 0.5) is 5.69 Å². The zero-order chi connectivity index (χ0) is 14.7. The molecule has 1 heterocycles. The molecule has 0 atom stereocenters. The second-order valence-electron chi connectivity index (χ2n) is 4.28. The fourth-order valence-corrected chi connectivity index (χ4v) is 2.41. The summed E-state index contributed by atoms with van der Waals surface area (Å²) in [5, 5.41) is 2.70. The van der Waals surface area contributed by atoms with E-state index in [-0.39, 0.29) is 17.7 Å². The van der Waals surface area contributed by atoms with Crippen LogP contribution in [0.5, 0.6) is 0 Å². The molecule has 104 valence electrons. The number of amides is 3. The van der Waals surface area contributed by atoms with Gasteiger partial charge in [-0.25, -0.2) is 0 Å². The summed E-state index contributed by atoms with van der Waals surface area (Å²) in [5.74, 6) is 0.208. The summed E-state index contributed by atoms with van der Waals surface area (Å²) in [6.45, 7) is 3.58. The lowest BCUT2D eigenvalue weighted by Crippen LogP contribution is -2.24. The Kier molecular flexibility index (Phi) is 4.24. The third kappa shape index (κ3) is 2.75. The van der Waals surface area contributed by atoms with E-state index in [4.69, 9.17) is 0 Å². The highest BCUT2D eigenvalue weighted by Gasteiger charge is 2.32. The molecular weight excluding hydrogens is 276 g/mol. The minimum atomic E-state index is -0.345. The van der Waals surface area contributed by atoms with Gasteiger partial charge in [-0.2, -0.15) is 0 Å². The first-order valence-electron chi connectivity index (χ1n) is 5.99. The molecule has 1 N–H and O–H groups in total. The Morgan fingerprint density at radius 1 is 1.35 bits per heavy atom. The first kappa shape index (κ1) is 14.3. The van der Waals surface area contributed by atoms with Gasteiger partial charge in [-0.05, 0) is 18.2 Å². The lowest BCUT2D eigenvalue weighted by atomic mass is 10.1. The number of hydrogen-bond acceptors (Lipinski definition) is 4. The molecule has 1 aromatic rings. The number of rotatable bonds is 5. The van der Waals surface area contributed by atoms with Gasteiger partial charge in [-0.3, -0.25) is 19.3 Å². The van der Waals surface area contributed by atoms with Gasteiger partial charge in [0, 0.05) is 18.5 Å². The summed E-state index contributed by atoms with van der Waals surface area (Å²) in [5.41, 5.74) is 1.22. The van der Waals surface area contributed by atoms with Crippen molar-refractivity contribution < 1.29 is 14.4 Å². The van der Waals surface area contributed by atoms with Crippen LogP contribution in [0.1, 0.15) is 20.7 Å². The van der Waals surface area contributed by atoms with Crippen LogP contribution in [0.3, 0.4) is 0 Å². The van der Waals surface area contributed by atoms with Gasteiger partial charge < -0.3 is 5.32 Å². The van der Waals surface area contributed by atoms with E-state index in [1.54, 1.807) is 18.2 Å². The lowest BCUT2D eigenvalue weighted by Gasteiger charge is -2.05. The Labute approximate surface area is 121 Å². The predicted molar refractivity (Wildman–Crippen MR) is 79.0 cm³/mol. The normalized spacial score (nSPS) is 13.3. The van der Waals surface area contributed by atoms with Gasteiger partial charge in [-0.1, -0.05) is 6.08 Å². The van der Waals surface area contributed by atoms with Gasteiger partial charge in [0.05, 0.1) is 16.9 Å². The number of anilines is 1. The molecule has 6 heteroatoms. The fourth-order valence-electron chi connectivity index (χ4n) is 1.87. The van der Waals surface area contributed by atoms with Crippen LogP contribution in [0.25, 0.3) is 0 Å². The zero-order valence-corrected chi connectivity index (χ0v) is 11.8. The maximum absolute atomic E-state index is 11.8. The smallest absolute Gasteiger partial charge is 0.261 e. The van der Waals surface area contributed by atoms with Crippen LogP contribution >= 0.6 is 11.8 Å². The molecule has 1 aromatic carbocycles. The fraction of sp³-hybridized carbons (Fsp3) is 0.214. The van der Waals surface area contributed by atoms with Crippen LogP contribution in [-0.2, 0) is 4.79 Å². The Balaban J connectivity index is 2.09. The highest BCUT2D eigenvalue weighted by atomic mass is 32.2. The molecular formula is C14H14N2O3S. The summed E-state index contributed by atoms with van der Waals surface area (Å²) in [6, 6.07) is 4.72. The molecule has 0 bridgehead atoms. The van der Waals surface area contributed by atoms with Gasteiger partial charge in [0.25, 0.3) is 11.8 Å². The van der Waals surface area contributed by atoms with Crippen LogP contribution in [-0.4, -0.2) is 41.2 Å². The van der Waals surface area contributed by atoms with E-state index < -0.39 is 0 Å². The maximum atomic E-state index is 11.8. The minimum Gasteiger partial charge on any atom is -0.325 e. The van der Waals surface area contributed by atoms with Gasteiger partial charge in [0.15, 0.2) is 0 Å². The molecule has 0 saturated heterocycles. The maximum Gasteiger partial charge on any atom is 0.261 e. The molecule has 0 unspecified atom stereocenters. The number of nitrogens with one attached hydrogen (secondary N) is 1. The largest absolute Gasteiger partial charge is 0.325 e. The van der Waals surface area contributed by atoms with E-state index in [1.807, 2.05) is 0 Å². The minimum absolute atomic E-state index is 0.151. The number of carbonyl (C=O) groups excluding carboxylic acids is 3. The van der Waals surface area contributed by atoms with Crippen LogP contribution in [0.2, 0.25) is 0 Å². The molecule has 0 radical (unpaired) electrons. The monoisotopic (exact) mass is 290 g/mol. The highest BCUT2D eigenvalue weighted by Crippen LogP contribution is 2.24. The molecule has 3 amide bonds. The molecule has 1 aliphatic rings. The van der Waals surface area contributed by atoms with E-state index >= 15 is 0 Å². The summed E-state index contributed by atoms with van der Waals surface area (Å²) in [4.78, 5) is 36.3. The summed E-state index contributed by atoms with van der Waals surface area (Å²) in [6.07, 6.45) is 1.73. The number of thioether (sulfide) groups is 1. The van der Waals surface area contributed by atoms with Crippen LogP contribution in [0, 0.1) is 0 Å². The Hall–Kier alpha value is -2.08. The van der Waals surface area contributed by atoms with Crippen LogP contribution < -0.4 is 5.32 Å². The average molecular weight is 290 g/mol. The van der Waals surface area contributed by atoms with Crippen molar-refractivity contribution in [1.29, 1.82) is 0 Å². The predicted octanol–water partition coefficient (Wildman–Crippen LogP) is 1.77. The molecule has 0 aromatic heterocycles. The molecule has 1 aliphatic heterocycles. The quantitative estimate of drug-likeness (QED) is 0.510. The second kappa shape index (κ2) is 5.92. The Bertz CT molecular complexity index is 598. The van der Waals surface area contributed by atoms with Crippen molar-refractivity contribution in [2.45, 2.75) is 0 Å². The zero-order valence-electron chi connectivity index (χ0n) is 11.0. The van der Waals surface area contributed by atoms with Crippen molar-refractivity contribution in [1.82, 2.24) is 4.90 Å². The topological polar surface area (TPSA) is 66.5 Å². The first-order valence-corrected chi connectivity index (χ1v) is 7.15. The van der Waals surface area contributed by atoms with E-state index in [9.17, 15) is 14.4 Å². The van der Waals surface area contributed by atoms with Crippen molar-refractivity contribution in [3.8, 4) is 0 Å². The van der Waals surface area contributed by atoms with E-state index in [1.165, 1.54) is 24.9 Å². The van der Waals surface area contributed by atoms with Crippen LogP contribution in [0.15, 0.2) is 30.9 Å². The molecule has 2 rings (SSSR count). The molecule has 0 fully saturated rings. The molecule has 20 heavy (non-hydrogen) atoms. The number of benzene rings is 1. The van der Waals surface area contributed by atoms with Gasteiger partial charge >= 0.3 is 0 Å². The van der Waals surface area contributed by atoms with Gasteiger partial charge in [0.2, 0.25) is 5.91 Å². The van der Waals surface area contributed by atoms with Gasteiger partial charge in [0.1, 0.15) is 0 Å². The van der Waals surface area contributed by atoms with Crippen molar-refractivity contribution in [3.05, 3.63) is 42.0 Å². The standard InChI is InChI=1S/C14H14N2O3S/c1-3-6-20-8-12(17)15-9-4-5-10-11(7-9)14(19)16(2)13(10)18/h3-5,7H,1,6,8H2,2H3,(H,15,17). The number of fused-ring (bicyclic) bond motifs is 1. The number of imide groups is 1. The van der Waals surface area contributed by atoms with E-state index in [0.717, 1.165) is 4.90 Å². The molecule has 0 saturated carbocycles. The Morgan fingerprint density at radius 2 is 2.05 bits per heavy atom. The second-order valence-corrected chi connectivity index (χ2v) is 5.31. The average Bonchev–Trinajstić information content (AvgIpc) is 2.64. The summed E-state index contributed by atoms with van der Waals surface area (Å²) in [7, 11) is 1.44. The number of carbonyl (C=O) groups is 3. The van der Waals surface area contributed by atoms with Crippen molar-refractivity contribution in [2.24, 2.45) is 0 Å². The third-order valence-corrected chi connectivity index (χ3v) is 3.78. The van der Waals surface area contributed by atoms with Crippen molar-refractivity contribution in [3.63, 3.8) is 0 Å². The summed E-state index contributed by atoms with van der Waals surface area (Å²) < 4.78 is 0. The molecule has 0 spiro atoms. The Morgan fingerprint density at radius 3 is 2.75 bits per heavy atom. The molecule has 5 nitrogen and oxygen atoms in total. The highest BCUT2D eigenvalue weighted by molar-refractivity contribution is 8.00. The van der Waals surface area contributed by atoms with Gasteiger partial charge in [-0.15, -0.1) is 18.3 Å². The van der Waals surface area contributed by atoms with E-state index in [2.05, 4.69) is 11.9 Å².